The SMILES string of the molecule is CC(CC(CCN=N)N=N)N=N. The molecule has 6 heteroatoms. The zero-order valence-electron chi connectivity index (χ0n) is 7.12. The Morgan fingerprint density at radius 3 is 2.25 bits per heavy atom. The summed E-state index contributed by atoms with van der Waals surface area (Å²) in [5, 5.41) is 9.88. The van der Waals surface area contributed by atoms with Gasteiger partial charge in [0.05, 0.1) is 18.6 Å². The van der Waals surface area contributed by atoms with E-state index in [9.17, 15) is 0 Å². The number of rotatable bonds is 7. The maximum atomic E-state index is 6.83. The summed E-state index contributed by atoms with van der Waals surface area (Å²) >= 11 is 0. The molecule has 2 unspecified atom stereocenters. The molecule has 3 N–H and O–H groups in total. The van der Waals surface area contributed by atoms with Crippen LogP contribution in [0.5, 0.6) is 0 Å². The van der Waals surface area contributed by atoms with E-state index in [1.54, 1.807) is 0 Å². The number of nitrogens with one attached hydrogen (secondary N) is 3. The quantitative estimate of drug-likeness (QED) is 0.488. The van der Waals surface area contributed by atoms with Gasteiger partial charge in [-0.3, -0.25) is 0 Å². The summed E-state index contributed by atoms with van der Waals surface area (Å²) in [5.41, 5.74) is 20.1. The van der Waals surface area contributed by atoms with Gasteiger partial charge in [0.2, 0.25) is 0 Å². The first-order valence-corrected chi connectivity index (χ1v) is 3.81. The molecule has 0 aliphatic carbocycles. The van der Waals surface area contributed by atoms with Gasteiger partial charge in [-0.1, -0.05) is 0 Å². The summed E-state index contributed by atoms with van der Waals surface area (Å²) in [6, 6.07) is -0.224. The van der Waals surface area contributed by atoms with Crippen molar-refractivity contribution in [3.8, 4) is 0 Å². The lowest BCUT2D eigenvalue weighted by Gasteiger charge is -2.09. The van der Waals surface area contributed by atoms with Crippen LogP contribution in [0.15, 0.2) is 15.3 Å². The molecule has 0 heterocycles. The highest BCUT2D eigenvalue weighted by molar-refractivity contribution is 4.70. The Hall–Kier alpha value is -1.20. The molecule has 12 heavy (non-hydrogen) atoms. The predicted octanol–water partition coefficient (Wildman–Crippen LogP) is 2.62. The normalized spacial score (nSPS) is 14.8. The molecule has 0 amide bonds. The van der Waals surface area contributed by atoms with Gasteiger partial charge in [0.15, 0.2) is 0 Å². The molecule has 0 saturated heterocycles. The van der Waals surface area contributed by atoms with Gasteiger partial charge < -0.3 is 0 Å². The van der Waals surface area contributed by atoms with Gasteiger partial charge in [0.25, 0.3) is 0 Å². The molecule has 2 atom stereocenters. The standard InChI is InChI=1S/C6H14N6/c1-5(11-8)4-6(12-9)2-3-10-7/h5-9H,2-4H2,1H3. The molecule has 0 aliphatic rings. The highest BCUT2D eigenvalue weighted by Gasteiger charge is 2.10. The Morgan fingerprint density at radius 1 is 1.17 bits per heavy atom. The molecule has 68 valence electrons. The van der Waals surface area contributed by atoms with Gasteiger partial charge in [0, 0.05) is 0 Å². The average molecular weight is 170 g/mol. The Labute approximate surface area is 71.3 Å². The van der Waals surface area contributed by atoms with Crippen molar-refractivity contribution in [2.45, 2.75) is 31.8 Å². The van der Waals surface area contributed by atoms with Crippen LogP contribution in [-0.2, 0) is 0 Å². The van der Waals surface area contributed by atoms with E-state index in [1.807, 2.05) is 6.92 Å². The second-order valence-electron chi connectivity index (χ2n) is 2.67. The van der Waals surface area contributed by atoms with Crippen molar-refractivity contribution < 1.29 is 0 Å². The zero-order chi connectivity index (χ0) is 9.40. The van der Waals surface area contributed by atoms with Crippen LogP contribution in [0.25, 0.3) is 0 Å². The van der Waals surface area contributed by atoms with Crippen LogP contribution >= 0.6 is 0 Å². The molecule has 0 fully saturated rings. The van der Waals surface area contributed by atoms with Crippen LogP contribution in [0.4, 0.5) is 0 Å². The van der Waals surface area contributed by atoms with Crippen LogP contribution in [0, 0.1) is 16.6 Å². The number of nitrogens with zero attached hydrogens (tertiary/aromatic N) is 3. The topological polar surface area (TPSA) is 109 Å². The Morgan fingerprint density at radius 2 is 1.83 bits per heavy atom. The summed E-state index contributed by atoms with van der Waals surface area (Å²) in [7, 11) is 0. The highest BCUT2D eigenvalue weighted by atomic mass is 15.0. The maximum absolute atomic E-state index is 6.83. The Kier molecular flexibility index (Phi) is 5.86. The van der Waals surface area contributed by atoms with Crippen LogP contribution < -0.4 is 0 Å². The predicted molar refractivity (Wildman–Crippen MR) is 42.8 cm³/mol. The molecule has 0 aliphatic heterocycles. The summed E-state index contributed by atoms with van der Waals surface area (Å²) in [5.74, 6) is 0. The van der Waals surface area contributed by atoms with Crippen molar-refractivity contribution in [3.63, 3.8) is 0 Å². The minimum Gasteiger partial charge on any atom is -0.210 e. The van der Waals surface area contributed by atoms with Gasteiger partial charge in [-0.25, -0.2) is 16.6 Å². The highest BCUT2D eigenvalue weighted by Crippen LogP contribution is 2.09. The van der Waals surface area contributed by atoms with E-state index in [2.05, 4.69) is 15.3 Å². The molecule has 0 aromatic heterocycles. The fourth-order valence-electron chi connectivity index (χ4n) is 0.895. The lowest BCUT2D eigenvalue weighted by molar-refractivity contribution is 0.484. The third-order valence-corrected chi connectivity index (χ3v) is 1.59. The number of hydrogen-bond donors (Lipinski definition) is 3. The lowest BCUT2D eigenvalue weighted by atomic mass is 10.1. The molecule has 0 rings (SSSR count). The number of hydrogen-bond acceptors (Lipinski definition) is 6. The van der Waals surface area contributed by atoms with E-state index in [4.69, 9.17) is 16.6 Å². The Bertz CT molecular complexity index is 156. The van der Waals surface area contributed by atoms with Gasteiger partial charge in [-0.05, 0) is 19.8 Å². The third kappa shape index (κ3) is 4.59. The maximum Gasteiger partial charge on any atom is 0.0745 e. The minimum atomic E-state index is -0.136. The van der Waals surface area contributed by atoms with E-state index in [-0.39, 0.29) is 12.1 Å². The summed E-state index contributed by atoms with van der Waals surface area (Å²) in [6.45, 7) is 2.21. The molecular formula is C6H14N6. The first-order chi connectivity index (χ1) is 5.74. The zero-order valence-corrected chi connectivity index (χ0v) is 7.12. The second-order valence-corrected chi connectivity index (χ2v) is 2.67. The molecule has 0 aromatic carbocycles. The van der Waals surface area contributed by atoms with Crippen LogP contribution in [0.2, 0.25) is 0 Å². The molecule has 0 bridgehead atoms. The molecule has 0 spiro atoms. The van der Waals surface area contributed by atoms with Crippen molar-refractivity contribution >= 4 is 0 Å². The monoisotopic (exact) mass is 170 g/mol. The second kappa shape index (κ2) is 6.51. The van der Waals surface area contributed by atoms with E-state index >= 15 is 0 Å². The fourth-order valence-corrected chi connectivity index (χ4v) is 0.895. The molecule has 0 saturated carbocycles. The van der Waals surface area contributed by atoms with E-state index in [0.717, 1.165) is 0 Å². The molecule has 6 nitrogen and oxygen atoms in total. The van der Waals surface area contributed by atoms with Crippen LogP contribution in [-0.4, -0.2) is 18.6 Å². The average Bonchev–Trinajstić information content (AvgIpc) is 2.11. The van der Waals surface area contributed by atoms with Crippen molar-refractivity contribution in [3.05, 3.63) is 0 Å². The van der Waals surface area contributed by atoms with E-state index < -0.39 is 0 Å². The fraction of sp³-hybridized carbons (Fsp3) is 1.00. The lowest BCUT2D eigenvalue weighted by Crippen LogP contribution is -2.12. The molecule has 0 radical (unpaired) electrons. The largest absolute Gasteiger partial charge is 0.210 e. The van der Waals surface area contributed by atoms with Gasteiger partial charge >= 0.3 is 0 Å². The van der Waals surface area contributed by atoms with Crippen molar-refractivity contribution in [2.75, 3.05) is 6.54 Å². The first kappa shape index (κ1) is 10.8. The smallest absolute Gasteiger partial charge is 0.0745 e. The van der Waals surface area contributed by atoms with Crippen molar-refractivity contribution in [2.24, 2.45) is 15.3 Å². The van der Waals surface area contributed by atoms with Gasteiger partial charge in [-0.2, -0.15) is 15.3 Å². The summed E-state index contributed by atoms with van der Waals surface area (Å²) in [4.78, 5) is 0. The minimum absolute atomic E-state index is 0.0881. The van der Waals surface area contributed by atoms with Crippen LogP contribution in [0.3, 0.4) is 0 Å². The third-order valence-electron chi connectivity index (χ3n) is 1.59. The van der Waals surface area contributed by atoms with Crippen molar-refractivity contribution in [1.82, 2.24) is 0 Å². The summed E-state index contributed by atoms with van der Waals surface area (Å²) in [6.07, 6.45) is 1.20. The van der Waals surface area contributed by atoms with E-state index in [1.165, 1.54) is 0 Å². The molecular weight excluding hydrogens is 156 g/mol. The molecule has 0 aromatic rings. The van der Waals surface area contributed by atoms with Gasteiger partial charge in [-0.15, -0.1) is 0 Å². The Balaban J connectivity index is 3.73. The van der Waals surface area contributed by atoms with Gasteiger partial charge in [0.1, 0.15) is 0 Å². The first-order valence-electron chi connectivity index (χ1n) is 3.81. The van der Waals surface area contributed by atoms with Crippen LogP contribution in [0.1, 0.15) is 19.8 Å². The van der Waals surface area contributed by atoms with E-state index in [0.29, 0.717) is 19.4 Å². The van der Waals surface area contributed by atoms with Crippen molar-refractivity contribution in [1.29, 1.82) is 16.6 Å². The summed E-state index contributed by atoms with van der Waals surface area (Å²) < 4.78 is 0.